The molecule has 1 saturated heterocycles. The number of rotatable bonds is 8. The molecule has 212 valence electrons. The van der Waals surface area contributed by atoms with E-state index in [4.69, 9.17) is 14.6 Å². The van der Waals surface area contributed by atoms with Crippen LogP contribution in [0.15, 0.2) is 48.5 Å². The first kappa shape index (κ1) is 31.1. The van der Waals surface area contributed by atoms with Gasteiger partial charge in [0.15, 0.2) is 0 Å². The fourth-order valence-electron chi connectivity index (χ4n) is 3.68. The lowest BCUT2D eigenvalue weighted by Gasteiger charge is -2.29. The van der Waals surface area contributed by atoms with Crippen LogP contribution in [0.25, 0.3) is 0 Å². The van der Waals surface area contributed by atoms with Gasteiger partial charge in [0.05, 0.1) is 7.11 Å². The Bertz CT molecular complexity index is 1140. The van der Waals surface area contributed by atoms with Crippen molar-refractivity contribution in [2.45, 2.75) is 26.1 Å². The van der Waals surface area contributed by atoms with Crippen LogP contribution >= 0.6 is 0 Å². The van der Waals surface area contributed by atoms with Crippen molar-refractivity contribution in [1.29, 1.82) is 0 Å². The third kappa shape index (κ3) is 10.3. The maximum absolute atomic E-state index is 13.3. The summed E-state index contributed by atoms with van der Waals surface area (Å²) in [4.78, 5) is 49.7. The van der Waals surface area contributed by atoms with Gasteiger partial charge in [-0.15, -0.1) is 0 Å². The number of anilines is 1. The summed E-state index contributed by atoms with van der Waals surface area (Å²) in [5.74, 6) is -2.37. The van der Waals surface area contributed by atoms with E-state index in [2.05, 4.69) is 10.6 Å². The number of hydrogen-bond donors (Lipinski definition) is 3. The number of carboxylic acid groups (broad SMARTS) is 1. The highest BCUT2D eigenvalue weighted by molar-refractivity contribution is 5.95. The number of aliphatic carboxylic acids is 1. The number of amides is 3. The van der Waals surface area contributed by atoms with Crippen LogP contribution in [0.5, 0.6) is 5.75 Å². The molecule has 0 aliphatic carbocycles. The van der Waals surface area contributed by atoms with E-state index >= 15 is 0 Å². The summed E-state index contributed by atoms with van der Waals surface area (Å²) in [5.41, 5.74) is 1.98. The van der Waals surface area contributed by atoms with Gasteiger partial charge in [0.2, 0.25) is 11.8 Å². The molecule has 10 nitrogen and oxygen atoms in total. The Morgan fingerprint density at radius 2 is 1.64 bits per heavy atom. The van der Waals surface area contributed by atoms with Gasteiger partial charge in [0, 0.05) is 69.4 Å². The minimum atomic E-state index is -5.08. The van der Waals surface area contributed by atoms with Gasteiger partial charge in [-0.3, -0.25) is 14.4 Å². The Labute approximate surface area is 223 Å². The fraction of sp³-hybridized carbons (Fsp3) is 0.385. The summed E-state index contributed by atoms with van der Waals surface area (Å²) in [6, 6.07) is 14.3. The molecule has 2 aromatic carbocycles. The van der Waals surface area contributed by atoms with Crippen LogP contribution in [-0.2, 0) is 20.9 Å². The van der Waals surface area contributed by atoms with Crippen LogP contribution < -0.4 is 15.4 Å². The molecule has 2 aromatic rings. The molecule has 1 fully saturated rings. The highest BCUT2D eigenvalue weighted by Crippen LogP contribution is 2.21. The summed E-state index contributed by atoms with van der Waals surface area (Å²) < 4.78 is 37.2. The second-order valence-electron chi connectivity index (χ2n) is 8.48. The lowest BCUT2D eigenvalue weighted by molar-refractivity contribution is -0.192. The van der Waals surface area contributed by atoms with Crippen molar-refractivity contribution in [3.05, 3.63) is 59.7 Å². The second kappa shape index (κ2) is 14.7. The number of ether oxygens (including phenoxy) is 1. The molecule has 39 heavy (non-hydrogen) atoms. The summed E-state index contributed by atoms with van der Waals surface area (Å²) >= 11 is 0. The van der Waals surface area contributed by atoms with Crippen LogP contribution in [0.1, 0.15) is 29.3 Å². The molecular formula is C26H31F3N4O6. The van der Waals surface area contributed by atoms with Crippen LogP contribution in [-0.4, -0.2) is 84.6 Å². The minimum absolute atomic E-state index is 0.0466. The average molecular weight is 553 g/mol. The lowest BCUT2D eigenvalue weighted by atomic mass is 10.1. The highest BCUT2D eigenvalue weighted by Gasteiger charge is 2.38. The molecule has 0 aromatic heterocycles. The molecule has 0 bridgehead atoms. The number of piperazine rings is 1. The smallest absolute Gasteiger partial charge is 0.490 e. The molecule has 0 spiro atoms. The van der Waals surface area contributed by atoms with Crippen LogP contribution in [0, 0.1) is 0 Å². The van der Waals surface area contributed by atoms with Gasteiger partial charge >= 0.3 is 12.1 Å². The number of alkyl halides is 3. The lowest BCUT2D eigenvalue weighted by Crippen LogP contribution is -2.47. The maximum atomic E-state index is 13.3. The number of halogens is 3. The van der Waals surface area contributed by atoms with E-state index in [1.165, 1.54) is 6.92 Å². The molecule has 0 radical (unpaired) electrons. The third-order valence-electron chi connectivity index (χ3n) is 5.60. The number of carbonyl (C=O) groups is 4. The van der Waals surface area contributed by atoms with Crippen LogP contribution in [0.3, 0.4) is 0 Å². The number of nitrogens with zero attached hydrogens (tertiary/aromatic N) is 2. The van der Waals surface area contributed by atoms with Gasteiger partial charge in [0.1, 0.15) is 5.75 Å². The average Bonchev–Trinajstić information content (AvgIpc) is 2.91. The number of carbonyl (C=O) groups excluding carboxylic acids is 3. The molecule has 1 aliphatic rings. The van der Waals surface area contributed by atoms with Crippen molar-refractivity contribution in [3.8, 4) is 5.75 Å². The molecule has 3 rings (SSSR count). The Kier molecular flexibility index (Phi) is 11.7. The van der Waals surface area contributed by atoms with Gasteiger partial charge in [-0.1, -0.05) is 18.2 Å². The van der Waals surface area contributed by atoms with Crippen molar-refractivity contribution in [2.24, 2.45) is 0 Å². The van der Waals surface area contributed by atoms with E-state index in [1.807, 2.05) is 29.2 Å². The Morgan fingerprint density at radius 1 is 1.05 bits per heavy atom. The first-order valence-corrected chi connectivity index (χ1v) is 12.0. The monoisotopic (exact) mass is 552 g/mol. The topological polar surface area (TPSA) is 128 Å². The number of methoxy groups -OCH3 is 1. The van der Waals surface area contributed by atoms with E-state index in [0.717, 1.165) is 18.7 Å². The van der Waals surface area contributed by atoms with E-state index < -0.39 is 12.1 Å². The number of hydrogen-bond acceptors (Lipinski definition) is 6. The molecule has 1 aliphatic heterocycles. The summed E-state index contributed by atoms with van der Waals surface area (Å²) in [5, 5.41) is 13.1. The third-order valence-corrected chi connectivity index (χ3v) is 5.60. The molecular weight excluding hydrogens is 521 g/mol. The van der Waals surface area contributed by atoms with E-state index in [0.29, 0.717) is 43.2 Å². The molecule has 3 N–H and O–H groups in total. The number of carboxylic acids is 1. The van der Waals surface area contributed by atoms with Crippen LogP contribution in [0.4, 0.5) is 18.9 Å². The summed E-state index contributed by atoms with van der Waals surface area (Å²) in [7, 11) is 1.60. The molecule has 1 heterocycles. The normalized spacial score (nSPS) is 13.0. The second-order valence-corrected chi connectivity index (χ2v) is 8.48. The largest absolute Gasteiger partial charge is 0.496 e. The van der Waals surface area contributed by atoms with Gasteiger partial charge in [-0.25, -0.2) is 4.79 Å². The maximum Gasteiger partial charge on any atom is 0.490 e. The molecule has 0 atom stereocenters. The standard InChI is InChI=1S/C24H30N4O4.C2HF3O2/c1-18(29)26-21-9-7-19(8-10-21)24(31)28(17-20-5-3-4-6-22(20)32-2)14-11-23(30)27-15-12-25-13-16-27;3-2(4,5)1(6)7/h3-10,25H,11-17H2,1-2H3,(H,26,29);(H,6,7). The van der Waals surface area contributed by atoms with Gasteiger partial charge in [-0.05, 0) is 30.3 Å². The number of nitrogens with one attached hydrogen (secondary N) is 2. The Morgan fingerprint density at radius 3 is 2.18 bits per heavy atom. The number of benzene rings is 2. The van der Waals surface area contributed by atoms with Crippen molar-refractivity contribution in [3.63, 3.8) is 0 Å². The van der Waals surface area contributed by atoms with Crippen molar-refractivity contribution in [1.82, 2.24) is 15.1 Å². The van der Waals surface area contributed by atoms with Gasteiger partial charge < -0.3 is 30.3 Å². The zero-order valence-corrected chi connectivity index (χ0v) is 21.6. The number of para-hydroxylation sites is 1. The van der Waals surface area contributed by atoms with E-state index in [9.17, 15) is 27.6 Å². The predicted octanol–water partition coefficient (Wildman–Crippen LogP) is 2.75. The van der Waals surface area contributed by atoms with E-state index in [1.54, 1.807) is 36.3 Å². The quantitative estimate of drug-likeness (QED) is 0.460. The van der Waals surface area contributed by atoms with Crippen molar-refractivity contribution in [2.75, 3.05) is 45.2 Å². The van der Waals surface area contributed by atoms with Crippen LogP contribution in [0.2, 0.25) is 0 Å². The molecule has 3 amide bonds. The van der Waals surface area contributed by atoms with Gasteiger partial charge in [-0.2, -0.15) is 13.2 Å². The first-order valence-electron chi connectivity index (χ1n) is 12.0. The van der Waals surface area contributed by atoms with Crippen molar-refractivity contribution >= 4 is 29.4 Å². The molecule has 13 heteroatoms. The summed E-state index contributed by atoms with van der Waals surface area (Å²) in [6.07, 6.45) is -4.83. The molecule has 0 unspecified atom stereocenters. The van der Waals surface area contributed by atoms with Gasteiger partial charge in [0.25, 0.3) is 5.91 Å². The zero-order chi connectivity index (χ0) is 29.0. The van der Waals surface area contributed by atoms with E-state index in [-0.39, 0.29) is 24.1 Å². The Hall–Kier alpha value is -4.13. The molecule has 0 saturated carbocycles. The zero-order valence-electron chi connectivity index (χ0n) is 21.6. The first-order chi connectivity index (χ1) is 18.4. The fourth-order valence-corrected chi connectivity index (χ4v) is 3.68. The SMILES string of the molecule is COc1ccccc1CN(CCC(=O)N1CCNCC1)C(=O)c1ccc(NC(C)=O)cc1.O=C(O)C(F)(F)F. The Balaban J connectivity index is 0.000000673. The van der Waals surface area contributed by atoms with Crippen molar-refractivity contribution < 1.29 is 42.2 Å². The predicted molar refractivity (Wildman–Crippen MR) is 136 cm³/mol. The minimum Gasteiger partial charge on any atom is -0.496 e. The summed E-state index contributed by atoms with van der Waals surface area (Å²) in [6.45, 7) is 5.00. The highest BCUT2D eigenvalue weighted by atomic mass is 19.4.